The third-order valence-electron chi connectivity index (χ3n) is 12.0. The number of likely N-dealkylation sites (N-methyl/N-ethyl adjacent to an activating group) is 1. The van der Waals surface area contributed by atoms with Crippen LogP contribution in [0.3, 0.4) is 0 Å². The molecule has 13 atom stereocenters. The van der Waals surface area contributed by atoms with Crippen molar-refractivity contribution < 1.29 is 48.0 Å². The number of aliphatic hydroxyl groups excluding tert-OH is 1. The molecule has 1 aromatic carbocycles. The second-order valence-electron chi connectivity index (χ2n) is 16.5. The van der Waals surface area contributed by atoms with Gasteiger partial charge in [0.15, 0.2) is 17.7 Å². The molecular formula is C43H60N4O10. The molecule has 3 aliphatic rings. The fraction of sp³-hybridized carbons (Fsp3) is 0.651. The lowest BCUT2D eigenvalue weighted by Crippen LogP contribution is -2.60. The van der Waals surface area contributed by atoms with Gasteiger partial charge in [-0.25, -0.2) is 4.79 Å². The molecule has 0 radical (unpaired) electrons. The van der Waals surface area contributed by atoms with Crippen LogP contribution in [-0.4, -0.2) is 120 Å². The Morgan fingerprint density at radius 3 is 2.49 bits per heavy atom. The van der Waals surface area contributed by atoms with Crippen molar-refractivity contribution in [1.29, 1.82) is 0 Å². The zero-order valence-electron chi connectivity index (χ0n) is 35.1. The first-order valence-electron chi connectivity index (χ1n) is 19.9. The van der Waals surface area contributed by atoms with Gasteiger partial charge >= 0.3 is 12.1 Å². The first kappa shape index (κ1) is 44.0. The average molecular weight is 793 g/mol. The highest BCUT2D eigenvalue weighted by Crippen LogP contribution is 2.41. The molecule has 2 N–H and O–H groups in total. The Kier molecular flexibility index (Phi) is 14.0. The highest BCUT2D eigenvalue weighted by Gasteiger charge is 2.57. The van der Waals surface area contributed by atoms with Crippen LogP contribution in [0.15, 0.2) is 41.7 Å². The SMILES string of the molecule is CC[C@H]1OC(=O)[C@H](C)C(=O)[C@H](C)[C@@H](OC2O[C@H](C)C[C@H](N(C)C)[C@H]2O)[C@@](C)(OCC#Cc2cnc3ccccc3c2)C[C@@H](C)/C(=N\OC)[C@H](C)[C@H]2NC(=O)O[C@@]21C. The molecule has 5 rings (SSSR count). The molecule has 0 saturated carbocycles. The number of aromatic nitrogens is 1. The van der Waals surface area contributed by atoms with E-state index in [0.717, 1.165) is 10.9 Å². The molecule has 57 heavy (non-hydrogen) atoms. The molecule has 0 aliphatic carbocycles. The maximum Gasteiger partial charge on any atom is 0.408 e. The molecule has 1 amide bonds. The fourth-order valence-electron chi connectivity index (χ4n) is 8.89. The highest BCUT2D eigenvalue weighted by molar-refractivity contribution is 6.00. The Hall–Kier alpha value is -4.13. The minimum absolute atomic E-state index is 0.0751. The van der Waals surface area contributed by atoms with Gasteiger partial charge in [-0.05, 0) is 73.2 Å². The maximum absolute atomic E-state index is 14.5. The zero-order valence-corrected chi connectivity index (χ0v) is 35.1. The second-order valence-corrected chi connectivity index (χ2v) is 16.5. The molecule has 1 unspecified atom stereocenters. The number of hydrogen-bond acceptors (Lipinski definition) is 13. The van der Waals surface area contributed by atoms with E-state index < -0.39 is 83.4 Å². The molecule has 3 aliphatic heterocycles. The van der Waals surface area contributed by atoms with E-state index in [0.29, 0.717) is 24.1 Å². The maximum atomic E-state index is 14.5. The summed E-state index contributed by atoms with van der Waals surface area (Å²) in [5.74, 6) is 1.94. The number of oxime groups is 1. The van der Waals surface area contributed by atoms with Crippen LogP contribution in [0.2, 0.25) is 0 Å². The highest BCUT2D eigenvalue weighted by atomic mass is 16.7. The van der Waals surface area contributed by atoms with Gasteiger partial charge in [0.2, 0.25) is 0 Å². The van der Waals surface area contributed by atoms with Crippen molar-refractivity contribution in [2.24, 2.45) is 28.8 Å². The molecule has 312 valence electrons. The van der Waals surface area contributed by atoms with Gasteiger partial charge in [-0.15, -0.1) is 0 Å². The van der Waals surface area contributed by atoms with Crippen LogP contribution < -0.4 is 5.32 Å². The summed E-state index contributed by atoms with van der Waals surface area (Å²) in [7, 11) is 5.21. The normalized spacial score (nSPS) is 37.4. The number of fused-ring (bicyclic) bond motifs is 2. The smallest absolute Gasteiger partial charge is 0.408 e. The number of ketones is 1. The number of pyridine rings is 1. The van der Waals surface area contributed by atoms with Crippen molar-refractivity contribution in [3.8, 4) is 11.8 Å². The molecule has 14 heteroatoms. The zero-order chi connectivity index (χ0) is 41.8. The Morgan fingerprint density at radius 2 is 1.81 bits per heavy atom. The van der Waals surface area contributed by atoms with Crippen LogP contribution in [0, 0.1) is 35.5 Å². The lowest BCUT2D eigenvalue weighted by atomic mass is 9.73. The molecule has 3 fully saturated rings. The van der Waals surface area contributed by atoms with Crippen molar-refractivity contribution in [3.63, 3.8) is 0 Å². The van der Waals surface area contributed by atoms with Crippen LogP contribution in [0.4, 0.5) is 4.79 Å². The van der Waals surface area contributed by atoms with Gasteiger partial charge in [-0.1, -0.05) is 62.9 Å². The number of hydrogen-bond donors (Lipinski definition) is 2. The third kappa shape index (κ3) is 9.44. The number of esters is 1. The van der Waals surface area contributed by atoms with Crippen LogP contribution in [0.5, 0.6) is 0 Å². The van der Waals surface area contributed by atoms with Gasteiger partial charge in [0, 0.05) is 40.9 Å². The number of benzene rings is 1. The third-order valence-corrected chi connectivity index (χ3v) is 12.0. The number of cyclic esters (lactones) is 1. The summed E-state index contributed by atoms with van der Waals surface area (Å²) >= 11 is 0. The number of carbonyl (C=O) groups is 3. The molecule has 0 bridgehead atoms. The fourth-order valence-corrected chi connectivity index (χ4v) is 8.89. The molecule has 1 aromatic heterocycles. The van der Waals surface area contributed by atoms with Crippen LogP contribution in [-0.2, 0) is 38.1 Å². The van der Waals surface area contributed by atoms with Crippen LogP contribution >= 0.6 is 0 Å². The monoisotopic (exact) mass is 792 g/mol. The van der Waals surface area contributed by atoms with E-state index in [1.807, 2.05) is 83.9 Å². The number of nitrogens with zero attached hydrogens (tertiary/aromatic N) is 3. The Labute approximate surface area is 336 Å². The number of aliphatic hydroxyl groups is 1. The van der Waals surface area contributed by atoms with Crippen molar-refractivity contribution in [2.45, 2.75) is 129 Å². The van der Waals surface area contributed by atoms with E-state index in [1.54, 1.807) is 20.0 Å². The number of nitrogens with one attached hydrogen (secondary N) is 1. The molecule has 0 spiro atoms. The summed E-state index contributed by atoms with van der Waals surface area (Å²) in [6.45, 7) is 14.3. The number of Topliss-reactive ketones (excluding diaryl/α,β-unsaturated/α-hetero) is 1. The van der Waals surface area contributed by atoms with E-state index in [1.165, 1.54) is 14.0 Å². The van der Waals surface area contributed by atoms with Crippen molar-refractivity contribution >= 4 is 34.5 Å². The summed E-state index contributed by atoms with van der Waals surface area (Å²) in [5.41, 5.74) is -0.505. The minimum atomic E-state index is -1.32. The number of para-hydroxylation sites is 1. The largest absolute Gasteiger partial charge is 0.458 e. The lowest BCUT2D eigenvalue weighted by Gasteiger charge is -2.47. The molecule has 2 aromatic rings. The Balaban J connectivity index is 1.61. The summed E-state index contributed by atoms with van der Waals surface area (Å²) in [6.07, 6.45) is -2.34. The van der Waals surface area contributed by atoms with Crippen molar-refractivity contribution in [2.75, 3.05) is 27.8 Å². The number of rotatable bonds is 7. The minimum Gasteiger partial charge on any atom is -0.458 e. The summed E-state index contributed by atoms with van der Waals surface area (Å²) in [5, 5.41) is 20.0. The van der Waals surface area contributed by atoms with Crippen LogP contribution in [0.1, 0.15) is 80.2 Å². The van der Waals surface area contributed by atoms with E-state index >= 15 is 0 Å². The topological polar surface area (TPSA) is 167 Å². The number of carbonyl (C=O) groups excluding carboxylic acids is 3. The van der Waals surface area contributed by atoms with Crippen LogP contribution in [0.25, 0.3) is 10.9 Å². The van der Waals surface area contributed by atoms with E-state index in [4.69, 9.17) is 28.5 Å². The summed E-state index contributed by atoms with van der Waals surface area (Å²) in [4.78, 5) is 53.2. The predicted molar refractivity (Wildman–Crippen MR) is 213 cm³/mol. The molecular weight excluding hydrogens is 732 g/mol. The van der Waals surface area contributed by atoms with Gasteiger partial charge < -0.3 is 43.8 Å². The second kappa shape index (κ2) is 18.2. The van der Waals surface area contributed by atoms with E-state index in [2.05, 4.69) is 27.3 Å². The number of alkyl carbamates (subject to hydrolysis) is 1. The Morgan fingerprint density at radius 1 is 1.09 bits per heavy atom. The number of amides is 1. The van der Waals surface area contributed by atoms with E-state index in [9.17, 15) is 19.5 Å². The number of ether oxygens (including phenoxy) is 5. The first-order valence-corrected chi connectivity index (χ1v) is 19.9. The molecule has 4 heterocycles. The van der Waals surface area contributed by atoms with Gasteiger partial charge in [0.05, 0.1) is 35.1 Å². The van der Waals surface area contributed by atoms with Gasteiger partial charge in [0.25, 0.3) is 0 Å². The molecule has 3 saturated heterocycles. The predicted octanol–water partition coefficient (Wildman–Crippen LogP) is 4.88. The van der Waals surface area contributed by atoms with Crippen molar-refractivity contribution in [3.05, 3.63) is 42.1 Å². The molecule has 14 nitrogen and oxygen atoms in total. The summed E-state index contributed by atoms with van der Waals surface area (Å²) < 4.78 is 31.8. The average Bonchev–Trinajstić information content (AvgIpc) is 3.49. The van der Waals surface area contributed by atoms with Gasteiger partial charge in [-0.2, -0.15) is 0 Å². The quantitative estimate of drug-likeness (QED) is 0.169. The van der Waals surface area contributed by atoms with Gasteiger partial charge in [0.1, 0.15) is 31.8 Å². The van der Waals surface area contributed by atoms with E-state index in [-0.39, 0.29) is 25.2 Å². The standard InChI is InChI=1S/C43H60N4O10/c1-12-33-43(8)37(45-41(51)57-43)26(4)34(46-52-11)24(2)22-42(7,53-19-15-16-29-21-30-17-13-14-18-31(30)44-23-29)38(27(5)35(48)28(6)39(50)55-33)56-40-36(49)32(47(9)10)20-25(3)54-40/h13-14,17-18,21,23-28,32-33,36-38,40,49H,12,19-20,22H2,1-11H3,(H,45,51)/b46-34+/t24-,25-,26+,27+,28-,32+,33-,36-,37-,38-,40?,42+,43-/m1/s1. The Bertz CT molecular complexity index is 1860. The van der Waals surface area contributed by atoms with Gasteiger partial charge in [-0.3, -0.25) is 14.6 Å². The first-order chi connectivity index (χ1) is 26.9. The van der Waals surface area contributed by atoms with Crippen molar-refractivity contribution in [1.82, 2.24) is 15.2 Å². The summed E-state index contributed by atoms with van der Waals surface area (Å²) in [6, 6.07) is 8.73. The lowest BCUT2D eigenvalue weighted by molar-refractivity contribution is -0.296.